The molecule has 8 heavy (non-hydrogen) atoms. The van der Waals surface area contributed by atoms with Crippen LogP contribution >= 0.6 is 22.6 Å². The molecule has 0 aromatic carbocycles. The molecule has 2 heterocycles. The van der Waals surface area contributed by atoms with Crippen LogP contribution in [0.25, 0.3) is 11.0 Å². The molecule has 2 heteroatoms. The Balaban J connectivity index is 3.02. The van der Waals surface area contributed by atoms with Crippen LogP contribution in [0, 0.1) is 3.57 Å². The minimum absolute atomic E-state index is 1.23. The van der Waals surface area contributed by atoms with E-state index in [1.807, 2.05) is 0 Å². The second kappa shape index (κ2) is 1.37. The van der Waals surface area contributed by atoms with Crippen LogP contribution in [0.5, 0.6) is 0 Å². The van der Waals surface area contributed by atoms with Crippen molar-refractivity contribution in [1.29, 1.82) is 0 Å². The lowest BCUT2D eigenvalue weighted by atomic mass is 10.4. The molecule has 1 N–H and O–H groups in total. The quantitative estimate of drug-likeness (QED) is 0.651. The zero-order chi connectivity index (χ0) is 5.56. The highest BCUT2D eigenvalue weighted by atomic mass is 127. The van der Waals surface area contributed by atoms with Crippen LogP contribution in [-0.2, 0) is 0 Å². The Bertz CT molecular complexity index is 286. The van der Waals surface area contributed by atoms with Gasteiger partial charge in [0.1, 0.15) is 0 Å². The van der Waals surface area contributed by atoms with Gasteiger partial charge in [-0.1, -0.05) is 0 Å². The van der Waals surface area contributed by atoms with Gasteiger partial charge in [0.05, 0.1) is 5.52 Å². The maximum absolute atomic E-state index is 3.20. The predicted molar refractivity (Wildman–Crippen MR) is 42.2 cm³/mol. The molecule has 0 unspecified atom stereocenters. The summed E-state index contributed by atoms with van der Waals surface area (Å²) >= 11 is 2.31. The number of halogens is 1. The molecule has 0 fully saturated rings. The zero-order valence-corrected chi connectivity index (χ0v) is 6.27. The highest BCUT2D eigenvalue weighted by Crippen LogP contribution is 2.18. The van der Waals surface area contributed by atoms with E-state index in [0.717, 1.165) is 0 Å². The van der Waals surface area contributed by atoms with Crippen molar-refractivity contribution in [2.75, 3.05) is 0 Å². The molecule has 2 rings (SSSR count). The number of aromatic amines is 1. The molecule has 0 aliphatic heterocycles. The average molecular weight is 217 g/mol. The topological polar surface area (TPSA) is 15.8 Å². The number of nitrogens with one attached hydrogen (secondary N) is 1. The van der Waals surface area contributed by atoms with Crippen molar-refractivity contribution in [1.82, 2.24) is 4.98 Å². The summed E-state index contributed by atoms with van der Waals surface area (Å²) in [5.74, 6) is 0. The van der Waals surface area contributed by atoms with E-state index in [2.05, 4.69) is 45.8 Å². The van der Waals surface area contributed by atoms with E-state index in [-0.39, 0.29) is 0 Å². The van der Waals surface area contributed by atoms with Gasteiger partial charge in [-0.15, -0.1) is 0 Å². The van der Waals surface area contributed by atoms with Gasteiger partial charge in [-0.2, -0.15) is 0 Å². The maximum Gasteiger partial charge on any atom is 0.0521 e. The molecule has 0 saturated carbocycles. The van der Waals surface area contributed by atoms with Crippen molar-refractivity contribution >= 4 is 33.6 Å². The van der Waals surface area contributed by atoms with Gasteiger partial charge >= 0.3 is 0 Å². The number of rotatable bonds is 0. The highest BCUT2D eigenvalue weighted by Gasteiger charge is 1.97. The van der Waals surface area contributed by atoms with Crippen molar-refractivity contribution in [2.45, 2.75) is 0 Å². The normalized spacial score (nSPS) is 11.1. The summed E-state index contributed by atoms with van der Waals surface area (Å²) < 4.78 is 1.32. The Hall–Kier alpha value is -0.250. The van der Waals surface area contributed by atoms with E-state index < -0.39 is 0 Å². The van der Waals surface area contributed by atoms with Gasteiger partial charge in [0.25, 0.3) is 0 Å². The molecule has 2 bridgehead atoms. The summed E-state index contributed by atoms with van der Waals surface area (Å²) in [4.78, 5) is 3.20. The van der Waals surface area contributed by atoms with Crippen molar-refractivity contribution in [2.24, 2.45) is 0 Å². The van der Waals surface area contributed by atoms with Gasteiger partial charge in [0.2, 0.25) is 0 Å². The maximum atomic E-state index is 3.20. The van der Waals surface area contributed by atoms with E-state index >= 15 is 0 Å². The smallest absolute Gasteiger partial charge is 0.0521 e. The third-order valence-electron chi connectivity index (χ3n) is 1.25. The SMILES string of the molecule is Ic1cc2ccc1[nH]2. The molecule has 40 valence electrons. The first-order chi connectivity index (χ1) is 3.86. The summed E-state index contributed by atoms with van der Waals surface area (Å²) in [6, 6.07) is 6.31. The molecule has 1 nitrogen and oxygen atoms in total. The van der Waals surface area contributed by atoms with Gasteiger partial charge in [0, 0.05) is 9.09 Å². The first-order valence-electron chi connectivity index (χ1n) is 2.43. The first-order valence-corrected chi connectivity index (χ1v) is 3.51. The van der Waals surface area contributed by atoms with Crippen LogP contribution in [0.15, 0.2) is 18.2 Å². The minimum Gasteiger partial charge on any atom is -0.355 e. The number of fused-ring (bicyclic) bond motifs is 2. The summed E-state index contributed by atoms with van der Waals surface area (Å²) in [6.45, 7) is 0. The number of hydrogen-bond acceptors (Lipinski definition) is 0. The molecule has 0 amide bonds. The minimum atomic E-state index is 1.23. The van der Waals surface area contributed by atoms with Crippen LogP contribution in [0.4, 0.5) is 0 Å². The van der Waals surface area contributed by atoms with Gasteiger partial charge in [-0.05, 0) is 40.8 Å². The number of hydrogen-bond donors (Lipinski definition) is 1. The molecule has 0 radical (unpaired) electrons. The number of H-pyrrole nitrogens is 1. The van der Waals surface area contributed by atoms with Crippen LogP contribution in [0.1, 0.15) is 0 Å². The predicted octanol–water partition coefficient (Wildman–Crippen LogP) is 2.21. The summed E-state index contributed by atoms with van der Waals surface area (Å²) in [7, 11) is 0. The Kier molecular flexibility index (Phi) is 0.791. The Morgan fingerprint density at radius 3 is 2.50 bits per heavy atom. The molecule has 0 spiro atoms. The van der Waals surface area contributed by atoms with Crippen molar-refractivity contribution in [3.05, 3.63) is 21.8 Å². The fourth-order valence-electron chi connectivity index (χ4n) is 0.850. The van der Waals surface area contributed by atoms with Crippen LogP contribution in [0.2, 0.25) is 0 Å². The van der Waals surface area contributed by atoms with Crippen molar-refractivity contribution in [3.8, 4) is 0 Å². The largest absolute Gasteiger partial charge is 0.355 e. The second-order valence-corrected chi connectivity index (χ2v) is 2.98. The zero-order valence-electron chi connectivity index (χ0n) is 4.11. The number of benzene rings is 1. The van der Waals surface area contributed by atoms with E-state index in [0.29, 0.717) is 0 Å². The molecule has 0 atom stereocenters. The van der Waals surface area contributed by atoms with E-state index in [1.54, 1.807) is 0 Å². The van der Waals surface area contributed by atoms with Crippen molar-refractivity contribution < 1.29 is 0 Å². The standard InChI is InChI=1S/C6H4IN/c7-5-3-4-1-2-6(5)8-4/h1-3,8H. The molecule has 2 aromatic heterocycles. The van der Waals surface area contributed by atoms with Crippen LogP contribution < -0.4 is 0 Å². The second-order valence-electron chi connectivity index (χ2n) is 1.82. The summed E-state index contributed by atoms with van der Waals surface area (Å²) in [5, 5.41) is 0. The molecule has 0 saturated heterocycles. The van der Waals surface area contributed by atoms with Gasteiger partial charge < -0.3 is 4.98 Å². The Labute approximate surface area is 60.6 Å². The molecule has 0 aliphatic rings. The lowest BCUT2D eigenvalue weighted by Gasteiger charge is -1.77. The van der Waals surface area contributed by atoms with E-state index in [4.69, 9.17) is 0 Å². The van der Waals surface area contributed by atoms with Gasteiger partial charge in [-0.3, -0.25) is 0 Å². The van der Waals surface area contributed by atoms with Crippen LogP contribution in [0.3, 0.4) is 0 Å². The molecular formula is C6H4IN. The number of aromatic nitrogens is 1. The van der Waals surface area contributed by atoms with E-state index in [9.17, 15) is 0 Å². The fraction of sp³-hybridized carbons (Fsp3) is 0. The summed E-state index contributed by atoms with van der Waals surface area (Å²) in [5.41, 5.74) is 2.48. The lowest BCUT2D eigenvalue weighted by molar-refractivity contribution is 1.60. The summed E-state index contributed by atoms with van der Waals surface area (Å²) in [6.07, 6.45) is 0. The van der Waals surface area contributed by atoms with Crippen molar-refractivity contribution in [3.63, 3.8) is 0 Å². The highest BCUT2D eigenvalue weighted by molar-refractivity contribution is 14.1. The average Bonchev–Trinajstić information content (AvgIpc) is 2.23. The lowest BCUT2D eigenvalue weighted by Crippen LogP contribution is -1.58. The monoisotopic (exact) mass is 217 g/mol. The third-order valence-corrected chi connectivity index (χ3v) is 2.14. The fourth-order valence-corrected chi connectivity index (χ4v) is 1.50. The molecule has 2 aromatic rings. The Morgan fingerprint density at radius 1 is 1.38 bits per heavy atom. The molecular weight excluding hydrogens is 213 g/mol. The van der Waals surface area contributed by atoms with Gasteiger partial charge in [-0.25, -0.2) is 0 Å². The Morgan fingerprint density at radius 2 is 2.25 bits per heavy atom. The van der Waals surface area contributed by atoms with E-state index in [1.165, 1.54) is 14.6 Å². The third kappa shape index (κ3) is 0.462. The molecule has 0 aliphatic carbocycles. The van der Waals surface area contributed by atoms with Crippen LogP contribution in [-0.4, -0.2) is 4.98 Å². The van der Waals surface area contributed by atoms with Gasteiger partial charge in [0.15, 0.2) is 0 Å². The first kappa shape index (κ1) is 4.61.